The first-order chi connectivity index (χ1) is 13.5. The number of ether oxygens (including phenoxy) is 2. The molecule has 7 nitrogen and oxygen atoms in total. The molecule has 0 bridgehead atoms. The Bertz CT molecular complexity index is 838. The van der Waals surface area contributed by atoms with Crippen molar-refractivity contribution in [3.8, 4) is 11.5 Å². The van der Waals surface area contributed by atoms with Crippen molar-refractivity contribution in [3.05, 3.63) is 47.2 Å². The number of rotatable bonds is 7. The summed E-state index contributed by atoms with van der Waals surface area (Å²) in [5.41, 5.74) is 3.07. The van der Waals surface area contributed by atoms with Gasteiger partial charge in [-0.1, -0.05) is 0 Å². The highest BCUT2D eigenvalue weighted by atomic mass is 16.5. The minimum absolute atomic E-state index is 0.0747. The highest BCUT2D eigenvalue weighted by molar-refractivity contribution is 5.94. The van der Waals surface area contributed by atoms with Gasteiger partial charge in [-0.3, -0.25) is 4.79 Å². The number of methoxy groups -OCH3 is 2. The topological polar surface area (TPSA) is 66.9 Å². The number of nitrogens with one attached hydrogen (secondary N) is 1. The first-order valence-corrected chi connectivity index (χ1v) is 9.39. The van der Waals surface area contributed by atoms with Crippen LogP contribution in [0.3, 0.4) is 0 Å². The fraction of sp³-hybridized carbons (Fsp3) is 0.429. The number of benzene rings is 1. The number of fused-ring (bicyclic) bond motifs is 1. The smallest absolute Gasteiger partial charge is 0.251 e. The van der Waals surface area contributed by atoms with Gasteiger partial charge in [0, 0.05) is 37.9 Å². The van der Waals surface area contributed by atoms with Gasteiger partial charge in [0.25, 0.3) is 5.91 Å². The molecule has 1 amide bonds. The van der Waals surface area contributed by atoms with Crippen LogP contribution in [-0.2, 0) is 13.0 Å². The molecule has 2 heterocycles. The van der Waals surface area contributed by atoms with Crippen molar-refractivity contribution in [3.63, 3.8) is 0 Å². The van der Waals surface area contributed by atoms with Crippen LogP contribution in [0.2, 0.25) is 0 Å². The second kappa shape index (κ2) is 8.93. The molecule has 1 aliphatic heterocycles. The zero-order valence-electron chi connectivity index (χ0n) is 17.0. The molecule has 0 saturated heterocycles. The van der Waals surface area contributed by atoms with E-state index < -0.39 is 0 Å². The van der Waals surface area contributed by atoms with E-state index in [1.165, 1.54) is 11.1 Å². The molecule has 3 rings (SSSR count). The van der Waals surface area contributed by atoms with Gasteiger partial charge < -0.3 is 24.6 Å². The van der Waals surface area contributed by atoms with Gasteiger partial charge in [-0.15, -0.1) is 0 Å². The summed E-state index contributed by atoms with van der Waals surface area (Å²) in [6.45, 7) is 2.97. The van der Waals surface area contributed by atoms with E-state index in [0.717, 1.165) is 36.8 Å². The van der Waals surface area contributed by atoms with Crippen LogP contribution in [0.25, 0.3) is 0 Å². The van der Waals surface area contributed by atoms with E-state index in [1.54, 1.807) is 26.5 Å². The average Bonchev–Trinajstić information content (AvgIpc) is 2.72. The Labute approximate surface area is 166 Å². The third kappa shape index (κ3) is 4.54. The van der Waals surface area contributed by atoms with Crippen molar-refractivity contribution in [2.75, 3.05) is 52.8 Å². The highest BCUT2D eigenvalue weighted by Gasteiger charge is 2.21. The van der Waals surface area contributed by atoms with Gasteiger partial charge >= 0.3 is 0 Å². The summed E-state index contributed by atoms with van der Waals surface area (Å²) in [5, 5.41) is 2.95. The molecule has 7 heteroatoms. The van der Waals surface area contributed by atoms with E-state index in [-0.39, 0.29) is 5.91 Å². The van der Waals surface area contributed by atoms with Gasteiger partial charge in [-0.2, -0.15) is 0 Å². The summed E-state index contributed by atoms with van der Waals surface area (Å²) < 4.78 is 10.8. The lowest BCUT2D eigenvalue weighted by molar-refractivity contribution is 0.0951. The average molecular weight is 384 g/mol. The van der Waals surface area contributed by atoms with Crippen molar-refractivity contribution in [1.82, 2.24) is 15.2 Å². The van der Waals surface area contributed by atoms with Gasteiger partial charge in [-0.05, 0) is 55.9 Å². The number of carbonyl (C=O) groups is 1. The van der Waals surface area contributed by atoms with Crippen LogP contribution in [0.5, 0.6) is 11.5 Å². The number of hydrogen-bond donors (Lipinski definition) is 1. The van der Waals surface area contributed by atoms with Crippen molar-refractivity contribution in [2.24, 2.45) is 0 Å². The normalized spacial score (nSPS) is 13.2. The molecular weight excluding hydrogens is 356 g/mol. The molecule has 2 aromatic rings. The fourth-order valence-corrected chi connectivity index (χ4v) is 3.31. The lowest BCUT2D eigenvalue weighted by Crippen LogP contribution is -2.33. The molecule has 0 saturated carbocycles. The van der Waals surface area contributed by atoms with E-state index in [1.807, 2.05) is 37.2 Å². The van der Waals surface area contributed by atoms with Crippen molar-refractivity contribution >= 4 is 11.7 Å². The molecule has 1 N–H and O–H groups in total. The predicted molar refractivity (Wildman–Crippen MR) is 109 cm³/mol. The lowest BCUT2D eigenvalue weighted by atomic mass is 9.98. The largest absolute Gasteiger partial charge is 0.493 e. The number of amides is 1. The van der Waals surface area contributed by atoms with Crippen LogP contribution in [0.1, 0.15) is 21.5 Å². The molecule has 0 atom stereocenters. The SMILES string of the molecule is COc1cc2c(cc1OC)CN(c1cc(C(=O)NCCN(C)C)ccn1)CC2. The second-order valence-corrected chi connectivity index (χ2v) is 7.11. The van der Waals surface area contributed by atoms with Gasteiger partial charge in [0.2, 0.25) is 0 Å². The van der Waals surface area contributed by atoms with E-state index in [2.05, 4.69) is 15.2 Å². The molecule has 0 unspecified atom stereocenters. The Morgan fingerprint density at radius 1 is 1.18 bits per heavy atom. The number of aromatic nitrogens is 1. The Morgan fingerprint density at radius 3 is 2.57 bits per heavy atom. The first-order valence-electron chi connectivity index (χ1n) is 9.39. The summed E-state index contributed by atoms with van der Waals surface area (Å²) in [4.78, 5) is 21.1. The van der Waals surface area contributed by atoms with E-state index in [9.17, 15) is 4.79 Å². The third-order valence-electron chi connectivity index (χ3n) is 4.89. The summed E-state index contributed by atoms with van der Waals surface area (Å²) in [7, 11) is 7.26. The summed E-state index contributed by atoms with van der Waals surface area (Å²) in [6, 6.07) is 7.68. The summed E-state index contributed by atoms with van der Waals surface area (Å²) >= 11 is 0. The second-order valence-electron chi connectivity index (χ2n) is 7.11. The van der Waals surface area contributed by atoms with Crippen molar-refractivity contribution in [2.45, 2.75) is 13.0 Å². The molecule has 1 aromatic heterocycles. The molecule has 0 aliphatic carbocycles. The van der Waals surface area contributed by atoms with Crippen LogP contribution in [0, 0.1) is 0 Å². The minimum Gasteiger partial charge on any atom is -0.493 e. The number of carbonyl (C=O) groups excluding carboxylic acids is 1. The quantitative estimate of drug-likeness (QED) is 0.787. The predicted octanol–water partition coefficient (Wildman–Crippen LogP) is 1.95. The van der Waals surface area contributed by atoms with Gasteiger partial charge in [0.15, 0.2) is 11.5 Å². The Kier molecular flexibility index (Phi) is 6.36. The van der Waals surface area contributed by atoms with Gasteiger partial charge in [0.05, 0.1) is 14.2 Å². The fourth-order valence-electron chi connectivity index (χ4n) is 3.31. The molecule has 1 aromatic carbocycles. The molecule has 150 valence electrons. The molecule has 0 radical (unpaired) electrons. The third-order valence-corrected chi connectivity index (χ3v) is 4.89. The Morgan fingerprint density at radius 2 is 1.89 bits per heavy atom. The van der Waals surface area contributed by atoms with Crippen LogP contribution < -0.4 is 19.7 Å². The monoisotopic (exact) mass is 384 g/mol. The van der Waals surface area contributed by atoms with E-state index in [4.69, 9.17) is 9.47 Å². The minimum atomic E-state index is -0.0747. The van der Waals surface area contributed by atoms with Crippen LogP contribution in [-0.4, -0.2) is 63.7 Å². The first kappa shape index (κ1) is 19.9. The van der Waals surface area contributed by atoms with Crippen molar-refractivity contribution in [1.29, 1.82) is 0 Å². The van der Waals surface area contributed by atoms with Crippen LogP contribution in [0.15, 0.2) is 30.5 Å². The molecule has 0 spiro atoms. The summed E-state index contributed by atoms with van der Waals surface area (Å²) in [5.74, 6) is 2.21. The molecule has 28 heavy (non-hydrogen) atoms. The van der Waals surface area contributed by atoms with E-state index >= 15 is 0 Å². The van der Waals surface area contributed by atoms with Crippen molar-refractivity contribution < 1.29 is 14.3 Å². The zero-order chi connectivity index (χ0) is 20.1. The number of pyridine rings is 1. The molecular formula is C21H28N4O3. The lowest BCUT2D eigenvalue weighted by Gasteiger charge is -2.30. The highest BCUT2D eigenvalue weighted by Crippen LogP contribution is 2.34. The van der Waals surface area contributed by atoms with Crippen LogP contribution >= 0.6 is 0 Å². The maximum Gasteiger partial charge on any atom is 0.251 e. The van der Waals surface area contributed by atoms with Gasteiger partial charge in [0.1, 0.15) is 5.82 Å². The number of hydrogen-bond acceptors (Lipinski definition) is 6. The van der Waals surface area contributed by atoms with Gasteiger partial charge in [-0.25, -0.2) is 4.98 Å². The Hall–Kier alpha value is -2.80. The van der Waals surface area contributed by atoms with E-state index in [0.29, 0.717) is 18.7 Å². The molecule has 1 aliphatic rings. The zero-order valence-corrected chi connectivity index (χ0v) is 17.0. The maximum absolute atomic E-state index is 12.4. The standard InChI is InChI=1S/C21H28N4O3/c1-24(2)10-8-23-21(26)16-5-7-22-20(13-16)25-9-6-15-11-18(27-3)19(28-4)12-17(15)14-25/h5,7,11-13H,6,8-10,14H2,1-4H3,(H,23,26). The van der Waals surface area contributed by atoms with Crippen LogP contribution in [0.4, 0.5) is 5.82 Å². The molecule has 0 fully saturated rings. The number of likely N-dealkylation sites (N-methyl/N-ethyl adjacent to an activating group) is 1. The summed E-state index contributed by atoms with van der Waals surface area (Å²) in [6.07, 6.45) is 2.58. The Balaban J connectivity index is 1.74. The number of nitrogens with zero attached hydrogens (tertiary/aromatic N) is 3. The maximum atomic E-state index is 12.4. The number of anilines is 1.